The third-order valence-corrected chi connectivity index (χ3v) is 3.80. The van der Waals surface area contributed by atoms with Gasteiger partial charge in [-0.3, -0.25) is 0 Å². The molecule has 0 unspecified atom stereocenters. The molecule has 0 aliphatic heterocycles. The topological polar surface area (TPSA) is 28.7 Å². The highest BCUT2D eigenvalue weighted by atomic mass is 14.9. The summed E-state index contributed by atoms with van der Waals surface area (Å²) in [5.74, 6) is 0. The normalized spacial score (nSPS) is 11.0. The van der Waals surface area contributed by atoms with Crippen molar-refractivity contribution in [2.24, 2.45) is 0 Å². The van der Waals surface area contributed by atoms with Crippen LogP contribution in [-0.4, -0.2) is 9.97 Å². The van der Waals surface area contributed by atoms with Crippen molar-refractivity contribution in [2.75, 3.05) is 0 Å². The Hall–Kier alpha value is -2.87. The number of nitrogens with one attached hydrogen (secondary N) is 1. The molecule has 0 saturated carbocycles. The summed E-state index contributed by atoms with van der Waals surface area (Å²) in [6, 6.07) is 22.6. The van der Waals surface area contributed by atoms with Gasteiger partial charge < -0.3 is 4.98 Å². The van der Waals surface area contributed by atoms with Crippen LogP contribution in [0.5, 0.6) is 0 Å². The molecule has 2 heteroatoms. The van der Waals surface area contributed by atoms with Crippen LogP contribution in [0.15, 0.2) is 73.3 Å². The van der Waals surface area contributed by atoms with E-state index in [1.165, 1.54) is 5.39 Å². The molecule has 1 N–H and O–H groups in total. The number of rotatable bonds is 2. The second-order valence-corrected chi connectivity index (χ2v) is 5.11. The van der Waals surface area contributed by atoms with E-state index >= 15 is 0 Å². The lowest BCUT2D eigenvalue weighted by Crippen LogP contribution is -1.90. The summed E-state index contributed by atoms with van der Waals surface area (Å²) in [5.41, 5.74) is 4.96. The fraction of sp³-hybridized carbons (Fsp3) is 0. The lowest BCUT2D eigenvalue weighted by molar-refractivity contribution is 1.30. The molecule has 2 aromatic heterocycles. The highest BCUT2D eigenvalue weighted by Crippen LogP contribution is 2.27. The van der Waals surface area contributed by atoms with E-state index in [4.69, 9.17) is 4.98 Å². The zero-order valence-corrected chi connectivity index (χ0v) is 11.5. The molecule has 4 rings (SSSR count). The molecule has 0 aliphatic carbocycles. The maximum absolute atomic E-state index is 4.73. The van der Waals surface area contributed by atoms with Crippen LogP contribution in [-0.2, 0) is 0 Å². The van der Waals surface area contributed by atoms with Gasteiger partial charge >= 0.3 is 0 Å². The molecule has 0 atom stereocenters. The van der Waals surface area contributed by atoms with E-state index in [0.29, 0.717) is 0 Å². The molecule has 0 fully saturated rings. The fourth-order valence-electron chi connectivity index (χ4n) is 2.68. The standard InChI is InChI=1S/C19H14N2/c1-13(14-7-3-2-4-8-14)17-12-11-16-15-9-5-6-10-18(15)21-19(16)20-17/h2-12H,1H2,(H,20,21). The van der Waals surface area contributed by atoms with Crippen LogP contribution < -0.4 is 0 Å². The molecule has 0 amide bonds. The van der Waals surface area contributed by atoms with Gasteiger partial charge in [0.05, 0.1) is 5.69 Å². The van der Waals surface area contributed by atoms with Gasteiger partial charge in [0.25, 0.3) is 0 Å². The maximum atomic E-state index is 4.73. The number of H-pyrrole nitrogens is 1. The van der Waals surface area contributed by atoms with E-state index in [0.717, 1.165) is 33.4 Å². The average Bonchev–Trinajstić information content (AvgIpc) is 2.92. The summed E-state index contributed by atoms with van der Waals surface area (Å²) in [7, 11) is 0. The van der Waals surface area contributed by atoms with Crippen molar-refractivity contribution in [2.45, 2.75) is 0 Å². The van der Waals surface area contributed by atoms with Crippen LogP contribution in [0.1, 0.15) is 11.3 Å². The van der Waals surface area contributed by atoms with Crippen molar-refractivity contribution in [3.05, 3.63) is 84.6 Å². The first-order valence-electron chi connectivity index (χ1n) is 6.95. The Balaban J connectivity index is 1.88. The van der Waals surface area contributed by atoms with Gasteiger partial charge in [-0.25, -0.2) is 4.98 Å². The van der Waals surface area contributed by atoms with Crippen molar-refractivity contribution in [3.63, 3.8) is 0 Å². The van der Waals surface area contributed by atoms with Crippen LogP contribution in [0, 0.1) is 0 Å². The molecule has 0 saturated heterocycles. The van der Waals surface area contributed by atoms with Crippen molar-refractivity contribution in [3.8, 4) is 0 Å². The van der Waals surface area contributed by atoms with Gasteiger partial charge in [0.1, 0.15) is 5.65 Å². The third kappa shape index (κ3) is 1.93. The lowest BCUT2D eigenvalue weighted by Gasteiger charge is -2.05. The predicted octanol–water partition coefficient (Wildman–Crippen LogP) is 4.78. The predicted molar refractivity (Wildman–Crippen MR) is 88.2 cm³/mol. The van der Waals surface area contributed by atoms with E-state index < -0.39 is 0 Å². The molecular weight excluding hydrogens is 256 g/mol. The molecule has 2 aromatic carbocycles. The number of hydrogen-bond acceptors (Lipinski definition) is 1. The zero-order chi connectivity index (χ0) is 14.2. The van der Waals surface area contributed by atoms with Crippen LogP contribution in [0.3, 0.4) is 0 Å². The second-order valence-electron chi connectivity index (χ2n) is 5.11. The van der Waals surface area contributed by atoms with Gasteiger partial charge in [-0.2, -0.15) is 0 Å². The van der Waals surface area contributed by atoms with E-state index in [1.807, 2.05) is 36.4 Å². The maximum Gasteiger partial charge on any atom is 0.139 e. The highest BCUT2D eigenvalue weighted by Gasteiger charge is 2.08. The number of aromatic nitrogens is 2. The number of fused-ring (bicyclic) bond motifs is 3. The molecule has 21 heavy (non-hydrogen) atoms. The number of benzene rings is 2. The minimum absolute atomic E-state index is 0.903. The fourth-order valence-corrected chi connectivity index (χ4v) is 2.68. The number of pyridine rings is 1. The molecule has 100 valence electrons. The Morgan fingerprint density at radius 1 is 0.810 bits per heavy atom. The molecule has 4 aromatic rings. The van der Waals surface area contributed by atoms with Crippen LogP contribution in [0.4, 0.5) is 0 Å². The second kappa shape index (κ2) is 4.60. The van der Waals surface area contributed by atoms with Gasteiger partial charge in [0.2, 0.25) is 0 Å². The van der Waals surface area contributed by atoms with E-state index in [-0.39, 0.29) is 0 Å². The largest absolute Gasteiger partial charge is 0.339 e. The van der Waals surface area contributed by atoms with Crippen molar-refractivity contribution in [1.29, 1.82) is 0 Å². The van der Waals surface area contributed by atoms with Gasteiger partial charge in [0.15, 0.2) is 0 Å². The Labute approximate surface area is 122 Å². The number of aromatic amines is 1. The Morgan fingerprint density at radius 2 is 1.57 bits per heavy atom. The van der Waals surface area contributed by atoms with E-state index in [2.05, 4.69) is 41.9 Å². The summed E-state index contributed by atoms with van der Waals surface area (Å²) in [4.78, 5) is 8.11. The number of nitrogens with zero attached hydrogens (tertiary/aromatic N) is 1. The molecule has 2 nitrogen and oxygen atoms in total. The first-order valence-corrected chi connectivity index (χ1v) is 6.95. The monoisotopic (exact) mass is 270 g/mol. The van der Waals surface area contributed by atoms with Gasteiger partial charge in [-0.05, 0) is 23.8 Å². The Morgan fingerprint density at radius 3 is 2.43 bits per heavy atom. The zero-order valence-electron chi connectivity index (χ0n) is 11.5. The summed E-state index contributed by atoms with van der Waals surface area (Å²) in [6.45, 7) is 4.18. The quantitative estimate of drug-likeness (QED) is 0.558. The van der Waals surface area contributed by atoms with Gasteiger partial charge in [-0.15, -0.1) is 0 Å². The molecular formula is C19H14N2. The van der Waals surface area contributed by atoms with Gasteiger partial charge in [0, 0.05) is 21.9 Å². The van der Waals surface area contributed by atoms with Gasteiger partial charge in [-0.1, -0.05) is 55.1 Å². The summed E-state index contributed by atoms with van der Waals surface area (Å²) in [6.07, 6.45) is 0. The summed E-state index contributed by atoms with van der Waals surface area (Å²) in [5, 5.41) is 2.35. The third-order valence-electron chi connectivity index (χ3n) is 3.80. The minimum atomic E-state index is 0.903. The summed E-state index contributed by atoms with van der Waals surface area (Å²) >= 11 is 0. The average molecular weight is 270 g/mol. The molecule has 0 radical (unpaired) electrons. The van der Waals surface area contributed by atoms with Crippen LogP contribution in [0.25, 0.3) is 27.5 Å². The molecule has 0 aliphatic rings. The SMILES string of the molecule is C=C(c1ccccc1)c1ccc2c(n1)[nH]c1ccccc12. The smallest absolute Gasteiger partial charge is 0.139 e. The lowest BCUT2D eigenvalue weighted by atomic mass is 10.0. The first-order chi connectivity index (χ1) is 10.3. The van der Waals surface area contributed by atoms with Crippen molar-refractivity contribution < 1.29 is 0 Å². The van der Waals surface area contributed by atoms with Crippen molar-refractivity contribution in [1.82, 2.24) is 9.97 Å². The van der Waals surface area contributed by atoms with E-state index in [9.17, 15) is 0 Å². The first kappa shape index (κ1) is 11.9. The Bertz CT molecular complexity index is 949. The molecule has 2 heterocycles. The Kier molecular flexibility index (Phi) is 2.61. The van der Waals surface area contributed by atoms with Crippen molar-refractivity contribution >= 4 is 27.5 Å². The number of hydrogen-bond donors (Lipinski definition) is 1. The molecule has 0 spiro atoms. The van der Waals surface area contributed by atoms with Crippen LogP contribution in [0.2, 0.25) is 0 Å². The minimum Gasteiger partial charge on any atom is -0.339 e. The highest BCUT2D eigenvalue weighted by molar-refractivity contribution is 6.06. The summed E-state index contributed by atoms with van der Waals surface area (Å²) < 4.78 is 0. The van der Waals surface area contributed by atoms with E-state index in [1.54, 1.807) is 0 Å². The van der Waals surface area contributed by atoms with Crippen LogP contribution >= 0.6 is 0 Å². The number of para-hydroxylation sites is 1. The molecule has 0 bridgehead atoms.